The molecule has 0 spiro atoms. The third-order valence-corrected chi connectivity index (χ3v) is 7.34. The number of benzene rings is 1. The summed E-state index contributed by atoms with van der Waals surface area (Å²) >= 11 is 1.78. The number of piperazine rings is 1. The summed E-state index contributed by atoms with van der Waals surface area (Å²) in [6.45, 7) is 5.81. The summed E-state index contributed by atoms with van der Waals surface area (Å²) in [4.78, 5) is 28.9. The number of amides is 1. The Morgan fingerprint density at radius 3 is 2.67 bits per heavy atom. The fraction of sp³-hybridized carbons (Fsp3) is 0.435. The summed E-state index contributed by atoms with van der Waals surface area (Å²) in [5.41, 5.74) is 1.08. The van der Waals surface area contributed by atoms with Gasteiger partial charge in [0.25, 0.3) is 0 Å². The van der Waals surface area contributed by atoms with Crippen LogP contribution >= 0.6 is 11.3 Å². The number of rotatable bonds is 4. The normalized spacial score (nSPS) is 20.6. The Hall–Kier alpha value is -2.51. The van der Waals surface area contributed by atoms with Crippen LogP contribution in [0.1, 0.15) is 23.8 Å². The Morgan fingerprint density at radius 2 is 1.87 bits per heavy atom. The molecule has 2 saturated heterocycles. The molecule has 156 valence electrons. The van der Waals surface area contributed by atoms with Crippen LogP contribution in [0.25, 0.3) is 10.2 Å². The molecular weight excluding hydrogens is 394 g/mol. The number of hydrogen-bond donors (Lipinski definition) is 0. The average Bonchev–Trinajstić information content (AvgIpc) is 3.25. The number of aromatic nitrogens is 2. The monoisotopic (exact) mass is 421 g/mol. The number of piperidine rings is 1. The summed E-state index contributed by atoms with van der Waals surface area (Å²) < 4.78 is 1.24. The van der Waals surface area contributed by atoms with E-state index in [1.165, 1.54) is 9.71 Å². The van der Waals surface area contributed by atoms with Gasteiger partial charge < -0.3 is 9.80 Å². The van der Waals surface area contributed by atoms with E-state index in [-0.39, 0.29) is 5.91 Å². The number of para-hydroxylation sites is 1. The van der Waals surface area contributed by atoms with Crippen molar-refractivity contribution in [3.8, 4) is 0 Å². The first-order chi connectivity index (χ1) is 14.8. The Balaban J connectivity index is 1.16. The Bertz CT molecular complexity index is 966. The van der Waals surface area contributed by atoms with Crippen molar-refractivity contribution < 1.29 is 4.79 Å². The highest BCUT2D eigenvalue weighted by Crippen LogP contribution is 2.33. The third-order valence-electron chi connectivity index (χ3n) is 6.14. The van der Waals surface area contributed by atoms with Gasteiger partial charge in [0.15, 0.2) is 0 Å². The standard InChI is InChI=1S/C23H27N5OS/c29-22(17-26-12-14-27(15-13-26)21-9-3-4-10-24-21)28-11-5-6-18(16-28)23-25-19-7-1-2-8-20(19)30-23/h1-4,7-10,18H,5-6,11-17H2/t18-/m1/s1. The average molecular weight is 422 g/mol. The van der Waals surface area contributed by atoms with E-state index in [1.54, 1.807) is 11.3 Å². The van der Waals surface area contributed by atoms with Gasteiger partial charge in [0, 0.05) is 51.4 Å². The van der Waals surface area contributed by atoms with Crippen LogP contribution in [0.4, 0.5) is 5.82 Å². The van der Waals surface area contributed by atoms with Gasteiger partial charge in [-0.3, -0.25) is 9.69 Å². The molecular formula is C23H27N5OS. The molecule has 7 heteroatoms. The molecule has 0 saturated carbocycles. The molecule has 1 aromatic carbocycles. The van der Waals surface area contributed by atoms with Crippen LogP contribution in [-0.2, 0) is 4.79 Å². The Morgan fingerprint density at radius 1 is 1.03 bits per heavy atom. The first kappa shape index (κ1) is 19.5. The van der Waals surface area contributed by atoms with Gasteiger partial charge in [-0.2, -0.15) is 0 Å². The molecule has 0 bridgehead atoms. The van der Waals surface area contributed by atoms with Gasteiger partial charge in [-0.25, -0.2) is 9.97 Å². The first-order valence-electron chi connectivity index (χ1n) is 10.8. The number of anilines is 1. The molecule has 6 nitrogen and oxygen atoms in total. The zero-order chi connectivity index (χ0) is 20.3. The van der Waals surface area contributed by atoms with Crippen molar-refractivity contribution in [2.24, 2.45) is 0 Å². The molecule has 0 aliphatic carbocycles. The SMILES string of the molecule is O=C(CN1CCN(c2ccccn2)CC1)N1CCC[C@@H](c2nc3ccccc3s2)C1. The summed E-state index contributed by atoms with van der Waals surface area (Å²) in [7, 11) is 0. The molecule has 2 aliphatic heterocycles. The summed E-state index contributed by atoms with van der Waals surface area (Å²) in [5.74, 6) is 1.64. The fourth-order valence-corrected chi connectivity index (χ4v) is 5.53. The molecule has 0 N–H and O–H groups in total. The molecule has 1 amide bonds. The fourth-order valence-electron chi connectivity index (χ4n) is 4.44. The predicted octanol–water partition coefficient (Wildman–Crippen LogP) is 3.22. The smallest absolute Gasteiger partial charge is 0.236 e. The van der Waals surface area contributed by atoms with E-state index in [9.17, 15) is 4.79 Å². The van der Waals surface area contributed by atoms with Crippen molar-refractivity contribution in [2.75, 3.05) is 50.7 Å². The van der Waals surface area contributed by atoms with Crippen molar-refractivity contribution in [1.82, 2.24) is 19.8 Å². The van der Waals surface area contributed by atoms with E-state index in [0.717, 1.165) is 63.4 Å². The first-order valence-corrected chi connectivity index (χ1v) is 11.6. The van der Waals surface area contributed by atoms with Gasteiger partial charge in [-0.1, -0.05) is 18.2 Å². The number of nitrogens with zero attached hydrogens (tertiary/aromatic N) is 5. The van der Waals surface area contributed by atoms with Crippen LogP contribution in [0.5, 0.6) is 0 Å². The lowest BCUT2D eigenvalue weighted by molar-refractivity contribution is -0.133. The quantitative estimate of drug-likeness (QED) is 0.647. The van der Waals surface area contributed by atoms with E-state index in [1.807, 2.05) is 24.4 Å². The number of likely N-dealkylation sites (tertiary alicyclic amines) is 1. The second kappa shape index (κ2) is 8.70. The van der Waals surface area contributed by atoms with Gasteiger partial charge in [0.2, 0.25) is 5.91 Å². The molecule has 5 rings (SSSR count). The van der Waals surface area contributed by atoms with Crippen molar-refractivity contribution in [2.45, 2.75) is 18.8 Å². The van der Waals surface area contributed by atoms with Crippen molar-refractivity contribution in [3.05, 3.63) is 53.7 Å². The zero-order valence-corrected chi connectivity index (χ0v) is 17.9. The number of hydrogen-bond acceptors (Lipinski definition) is 6. The van der Waals surface area contributed by atoms with E-state index < -0.39 is 0 Å². The van der Waals surface area contributed by atoms with Crippen LogP contribution in [-0.4, -0.2) is 71.5 Å². The molecule has 0 radical (unpaired) electrons. The number of carbonyl (C=O) groups is 1. The maximum atomic E-state index is 13.0. The molecule has 3 aromatic rings. The second-order valence-corrected chi connectivity index (χ2v) is 9.21. The molecule has 1 atom stereocenters. The molecule has 2 fully saturated rings. The highest BCUT2D eigenvalue weighted by atomic mass is 32.1. The van der Waals surface area contributed by atoms with Gasteiger partial charge in [-0.15, -0.1) is 11.3 Å². The lowest BCUT2D eigenvalue weighted by atomic mass is 9.98. The molecule has 4 heterocycles. The van der Waals surface area contributed by atoms with Crippen molar-refractivity contribution in [1.29, 1.82) is 0 Å². The molecule has 2 aliphatic rings. The van der Waals surface area contributed by atoms with Crippen LogP contribution in [0.2, 0.25) is 0 Å². The minimum absolute atomic E-state index is 0.257. The van der Waals surface area contributed by atoms with E-state index in [4.69, 9.17) is 4.98 Å². The van der Waals surface area contributed by atoms with Crippen molar-refractivity contribution in [3.63, 3.8) is 0 Å². The number of thiazole rings is 1. The van der Waals surface area contributed by atoms with Crippen LogP contribution in [0.3, 0.4) is 0 Å². The topological polar surface area (TPSA) is 52.6 Å². The minimum atomic E-state index is 0.257. The number of fused-ring (bicyclic) bond motifs is 1. The van der Waals surface area contributed by atoms with Gasteiger partial charge >= 0.3 is 0 Å². The second-order valence-electron chi connectivity index (χ2n) is 8.15. The highest BCUT2D eigenvalue weighted by Gasteiger charge is 2.28. The maximum Gasteiger partial charge on any atom is 0.236 e. The maximum absolute atomic E-state index is 13.0. The molecule has 0 unspecified atom stereocenters. The Labute approximate surface area is 181 Å². The molecule has 30 heavy (non-hydrogen) atoms. The van der Waals surface area contributed by atoms with E-state index >= 15 is 0 Å². The summed E-state index contributed by atoms with van der Waals surface area (Å²) in [6, 6.07) is 14.3. The lowest BCUT2D eigenvalue weighted by Crippen LogP contribution is -2.51. The summed E-state index contributed by atoms with van der Waals surface area (Å²) in [5, 5.41) is 1.18. The largest absolute Gasteiger partial charge is 0.354 e. The van der Waals surface area contributed by atoms with Gasteiger partial charge in [0.1, 0.15) is 5.82 Å². The number of pyridine rings is 1. The minimum Gasteiger partial charge on any atom is -0.354 e. The van der Waals surface area contributed by atoms with Crippen LogP contribution in [0, 0.1) is 0 Å². The number of carbonyl (C=O) groups excluding carboxylic acids is 1. The third kappa shape index (κ3) is 4.18. The zero-order valence-electron chi connectivity index (χ0n) is 17.1. The van der Waals surface area contributed by atoms with Gasteiger partial charge in [-0.05, 0) is 37.1 Å². The molecule has 2 aromatic heterocycles. The Kier molecular flexibility index (Phi) is 5.64. The van der Waals surface area contributed by atoms with Crippen molar-refractivity contribution >= 4 is 33.3 Å². The van der Waals surface area contributed by atoms with E-state index in [2.05, 4.69) is 43.9 Å². The highest BCUT2D eigenvalue weighted by molar-refractivity contribution is 7.18. The summed E-state index contributed by atoms with van der Waals surface area (Å²) in [6.07, 6.45) is 4.01. The van der Waals surface area contributed by atoms with E-state index in [0.29, 0.717) is 12.5 Å². The predicted molar refractivity (Wildman–Crippen MR) is 121 cm³/mol. The van der Waals surface area contributed by atoms with Gasteiger partial charge in [0.05, 0.1) is 21.8 Å². The van der Waals surface area contributed by atoms with Crippen LogP contribution in [0.15, 0.2) is 48.7 Å². The van der Waals surface area contributed by atoms with Crippen LogP contribution < -0.4 is 4.90 Å². The lowest BCUT2D eigenvalue weighted by Gasteiger charge is -2.37.